The summed E-state index contributed by atoms with van der Waals surface area (Å²) in [6.45, 7) is 0. The lowest BCUT2D eigenvalue weighted by molar-refractivity contribution is -0.117. The van der Waals surface area contributed by atoms with Gasteiger partial charge >= 0.3 is 0 Å². The van der Waals surface area contributed by atoms with E-state index in [0.29, 0.717) is 5.69 Å². The zero-order chi connectivity index (χ0) is 15.9. The largest absolute Gasteiger partial charge is 0.322 e. The highest BCUT2D eigenvalue weighted by Crippen LogP contribution is 2.30. The number of rotatable bonds is 2. The Morgan fingerprint density at radius 2 is 1.95 bits per heavy atom. The molecule has 2 aromatic carbocycles. The van der Waals surface area contributed by atoms with Gasteiger partial charge in [-0.15, -0.1) is 0 Å². The van der Waals surface area contributed by atoms with E-state index in [-0.39, 0.29) is 17.9 Å². The third kappa shape index (κ3) is 2.43. The molecule has 0 fully saturated rings. The van der Waals surface area contributed by atoms with Crippen molar-refractivity contribution in [1.29, 1.82) is 0 Å². The highest BCUT2D eigenvalue weighted by molar-refractivity contribution is 6.05. The molecule has 0 bridgehead atoms. The standard InChI is InChI=1S/C16H12F2N2O2/c1-20-14-5-3-11(6-9(14)7-15(20)21)19-16(22)12-8-10(17)2-4-13(12)18/h2-6,8H,7H2,1H3,(H,19,22). The maximum Gasteiger partial charge on any atom is 0.258 e. The summed E-state index contributed by atoms with van der Waals surface area (Å²) in [7, 11) is 1.68. The van der Waals surface area contributed by atoms with Gasteiger partial charge in [0.05, 0.1) is 12.0 Å². The van der Waals surface area contributed by atoms with E-state index < -0.39 is 17.5 Å². The summed E-state index contributed by atoms with van der Waals surface area (Å²) >= 11 is 0. The number of nitrogens with zero attached hydrogens (tertiary/aromatic N) is 1. The third-order valence-corrected chi connectivity index (χ3v) is 3.59. The van der Waals surface area contributed by atoms with Gasteiger partial charge in [0.2, 0.25) is 5.91 Å². The minimum absolute atomic E-state index is 0.0327. The van der Waals surface area contributed by atoms with Gasteiger partial charge in [0.1, 0.15) is 11.6 Å². The van der Waals surface area contributed by atoms with Gasteiger partial charge in [-0.05, 0) is 42.0 Å². The van der Waals surface area contributed by atoms with Crippen molar-refractivity contribution in [3.8, 4) is 0 Å². The van der Waals surface area contributed by atoms with Crippen LogP contribution in [0.4, 0.5) is 20.2 Å². The molecule has 0 unspecified atom stereocenters. The van der Waals surface area contributed by atoms with Crippen LogP contribution < -0.4 is 10.2 Å². The summed E-state index contributed by atoms with van der Waals surface area (Å²) in [5.41, 5.74) is 1.62. The summed E-state index contributed by atoms with van der Waals surface area (Å²) in [6.07, 6.45) is 0.254. The molecule has 0 aliphatic carbocycles. The van der Waals surface area contributed by atoms with Crippen molar-refractivity contribution in [1.82, 2.24) is 0 Å². The molecule has 0 radical (unpaired) electrons. The minimum Gasteiger partial charge on any atom is -0.322 e. The number of fused-ring (bicyclic) bond motifs is 1. The summed E-state index contributed by atoms with van der Waals surface area (Å²) in [5, 5.41) is 2.51. The van der Waals surface area contributed by atoms with Gasteiger partial charge in [0.15, 0.2) is 0 Å². The Hall–Kier alpha value is -2.76. The van der Waals surface area contributed by atoms with Crippen LogP contribution in [0.25, 0.3) is 0 Å². The molecule has 2 amide bonds. The first-order chi connectivity index (χ1) is 10.5. The highest BCUT2D eigenvalue weighted by atomic mass is 19.1. The Labute approximate surface area is 125 Å². The first-order valence-corrected chi connectivity index (χ1v) is 6.61. The van der Waals surface area contributed by atoms with E-state index in [1.807, 2.05) is 0 Å². The Bertz CT molecular complexity index is 790. The molecular formula is C16H12F2N2O2. The number of hydrogen-bond acceptors (Lipinski definition) is 2. The van der Waals surface area contributed by atoms with Crippen molar-refractivity contribution in [3.05, 3.63) is 59.2 Å². The van der Waals surface area contributed by atoms with Crippen LogP contribution >= 0.6 is 0 Å². The summed E-state index contributed by atoms with van der Waals surface area (Å²) in [5.74, 6) is -2.26. The fraction of sp³-hybridized carbons (Fsp3) is 0.125. The zero-order valence-electron chi connectivity index (χ0n) is 11.7. The summed E-state index contributed by atoms with van der Waals surface area (Å²) in [4.78, 5) is 25.2. The third-order valence-electron chi connectivity index (χ3n) is 3.59. The molecule has 1 aliphatic rings. The highest BCUT2D eigenvalue weighted by Gasteiger charge is 2.24. The van der Waals surface area contributed by atoms with Crippen molar-refractivity contribution < 1.29 is 18.4 Å². The molecule has 22 heavy (non-hydrogen) atoms. The average molecular weight is 302 g/mol. The van der Waals surface area contributed by atoms with Gasteiger partial charge in [-0.2, -0.15) is 0 Å². The molecule has 1 heterocycles. The summed E-state index contributed by atoms with van der Waals surface area (Å²) < 4.78 is 26.7. The SMILES string of the molecule is CN1C(=O)Cc2cc(NC(=O)c3cc(F)ccc3F)ccc21. The van der Waals surface area contributed by atoms with Crippen molar-refractivity contribution in [3.63, 3.8) is 0 Å². The van der Waals surface area contributed by atoms with Crippen molar-refractivity contribution in [2.45, 2.75) is 6.42 Å². The van der Waals surface area contributed by atoms with Crippen LogP contribution in [0.3, 0.4) is 0 Å². The number of likely N-dealkylation sites (N-methyl/N-ethyl adjacent to an activating group) is 1. The zero-order valence-corrected chi connectivity index (χ0v) is 11.7. The Morgan fingerprint density at radius 1 is 1.18 bits per heavy atom. The molecule has 0 saturated carbocycles. The molecular weight excluding hydrogens is 290 g/mol. The first-order valence-electron chi connectivity index (χ1n) is 6.61. The van der Waals surface area contributed by atoms with Gasteiger partial charge in [-0.1, -0.05) is 0 Å². The average Bonchev–Trinajstić information content (AvgIpc) is 2.76. The smallest absolute Gasteiger partial charge is 0.258 e. The van der Waals surface area contributed by atoms with E-state index in [0.717, 1.165) is 29.4 Å². The molecule has 2 aromatic rings. The lowest BCUT2D eigenvalue weighted by Crippen LogP contribution is -2.20. The van der Waals surface area contributed by atoms with Crippen LogP contribution in [0.1, 0.15) is 15.9 Å². The lowest BCUT2D eigenvalue weighted by atomic mass is 10.1. The van der Waals surface area contributed by atoms with Crippen molar-refractivity contribution >= 4 is 23.2 Å². The minimum atomic E-state index is -0.796. The van der Waals surface area contributed by atoms with Crippen molar-refractivity contribution in [2.24, 2.45) is 0 Å². The molecule has 0 saturated heterocycles. The Balaban J connectivity index is 1.85. The first kappa shape index (κ1) is 14.2. The van der Waals surface area contributed by atoms with E-state index in [4.69, 9.17) is 0 Å². The Morgan fingerprint density at radius 3 is 2.73 bits per heavy atom. The maximum atomic E-state index is 13.6. The number of amides is 2. The molecule has 0 atom stereocenters. The van der Waals surface area contributed by atoms with Gasteiger partial charge in [0.25, 0.3) is 5.91 Å². The number of nitrogens with one attached hydrogen (secondary N) is 1. The Kier molecular flexibility index (Phi) is 3.36. The second-order valence-electron chi connectivity index (χ2n) is 5.05. The lowest BCUT2D eigenvalue weighted by Gasteiger charge is -2.11. The van der Waals surface area contributed by atoms with Crippen LogP contribution in [0.5, 0.6) is 0 Å². The quantitative estimate of drug-likeness (QED) is 0.927. The number of halogens is 2. The number of carbonyl (C=O) groups is 2. The second-order valence-corrected chi connectivity index (χ2v) is 5.05. The number of hydrogen-bond donors (Lipinski definition) is 1. The predicted octanol–water partition coefficient (Wildman–Crippen LogP) is 2.74. The number of anilines is 2. The fourth-order valence-electron chi connectivity index (χ4n) is 2.42. The van der Waals surface area contributed by atoms with Gasteiger partial charge < -0.3 is 10.2 Å². The van der Waals surface area contributed by atoms with Gasteiger partial charge in [-0.3, -0.25) is 9.59 Å². The molecule has 3 rings (SSSR count). The van der Waals surface area contributed by atoms with Crippen LogP contribution in [-0.2, 0) is 11.2 Å². The molecule has 1 aliphatic heterocycles. The molecule has 0 spiro atoms. The second kappa shape index (κ2) is 5.22. The molecule has 1 N–H and O–H groups in total. The summed E-state index contributed by atoms with van der Waals surface area (Å²) in [6, 6.07) is 7.67. The molecule has 112 valence electrons. The molecule has 0 aromatic heterocycles. The molecule has 4 nitrogen and oxygen atoms in total. The maximum absolute atomic E-state index is 13.6. The van der Waals surface area contributed by atoms with Crippen LogP contribution in [0, 0.1) is 11.6 Å². The monoisotopic (exact) mass is 302 g/mol. The van der Waals surface area contributed by atoms with Gasteiger partial charge in [-0.25, -0.2) is 8.78 Å². The van der Waals surface area contributed by atoms with E-state index in [9.17, 15) is 18.4 Å². The van der Waals surface area contributed by atoms with E-state index >= 15 is 0 Å². The fourth-order valence-corrected chi connectivity index (χ4v) is 2.42. The number of benzene rings is 2. The number of carbonyl (C=O) groups excluding carboxylic acids is 2. The van der Waals surface area contributed by atoms with Crippen molar-refractivity contribution in [2.75, 3.05) is 17.3 Å². The molecule has 6 heteroatoms. The van der Waals surface area contributed by atoms with E-state index in [2.05, 4.69) is 5.32 Å². The van der Waals surface area contributed by atoms with Crippen LogP contribution in [0.15, 0.2) is 36.4 Å². The van der Waals surface area contributed by atoms with E-state index in [1.54, 1.807) is 25.2 Å². The van der Waals surface area contributed by atoms with E-state index in [1.165, 1.54) is 4.90 Å². The van der Waals surface area contributed by atoms with Gasteiger partial charge in [0, 0.05) is 18.4 Å². The normalized spacial score (nSPS) is 13.2. The van der Waals surface area contributed by atoms with Crippen LogP contribution in [-0.4, -0.2) is 18.9 Å². The van der Waals surface area contributed by atoms with Crippen LogP contribution in [0.2, 0.25) is 0 Å². The topological polar surface area (TPSA) is 49.4 Å². The predicted molar refractivity (Wildman–Crippen MR) is 77.9 cm³/mol.